The van der Waals surface area contributed by atoms with Crippen molar-refractivity contribution >= 4 is 18.3 Å². The van der Waals surface area contributed by atoms with Gasteiger partial charge in [-0.15, -0.1) is 0 Å². The first kappa shape index (κ1) is 5.31. The molecule has 0 saturated heterocycles. The normalized spacial score (nSPS) is 8.80. The lowest BCUT2D eigenvalue weighted by atomic mass is 10.4. The Morgan fingerprint density at radius 1 is 1.60 bits per heavy atom. The van der Waals surface area contributed by atoms with E-state index in [0.717, 1.165) is 0 Å². The van der Waals surface area contributed by atoms with Crippen LogP contribution in [0.3, 0.4) is 0 Å². The molecule has 0 fully saturated rings. The van der Waals surface area contributed by atoms with E-state index in [1.165, 1.54) is 6.83 Å². The highest BCUT2D eigenvalue weighted by atomic mass is 35.5. The summed E-state index contributed by atoms with van der Waals surface area (Å²) in [6.45, 7) is 1.47. The van der Waals surface area contributed by atoms with Gasteiger partial charge in [-0.25, -0.2) is 0 Å². The summed E-state index contributed by atoms with van der Waals surface area (Å²) in [7, 11) is 3.74. The molecular formula is C2H6BClN. The van der Waals surface area contributed by atoms with E-state index in [0.29, 0.717) is 0 Å². The van der Waals surface area contributed by atoms with Crippen molar-refractivity contribution in [1.82, 2.24) is 4.81 Å². The Morgan fingerprint density at radius 3 is 1.80 bits per heavy atom. The number of halogens is 1. The summed E-state index contributed by atoms with van der Waals surface area (Å²) in [6, 6.07) is 0. The summed E-state index contributed by atoms with van der Waals surface area (Å²) >= 11 is 5.14. The van der Waals surface area contributed by atoms with Gasteiger partial charge in [0.2, 0.25) is 0 Å². The number of nitrogens with zero attached hydrogens (tertiary/aromatic N) is 1. The molecule has 0 bridgehead atoms. The van der Waals surface area contributed by atoms with Crippen LogP contribution < -0.4 is 0 Å². The molecule has 1 radical (unpaired) electrons. The van der Waals surface area contributed by atoms with Gasteiger partial charge in [0.15, 0.2) is 0 Å². The smallest absolute Gasteiger partial charge is 0.334 e. The molecule has 1 nitrogen and oxygen atoms in total. The van der Waals surface area contributed by atoms with Crippen LogP contribution in [0, 0.1) is 0 Å². The van der Waals surface area contributed by atoms with Gasteiger partial charge in [0, 0.05) is 0 Å². The average molecular weight is 90.3 g/mol. The predicted octanol–water partition coefficient (Wildman–Crippen LogP) is 0.321. The molecule has 0 atom stereocenters. The van der Waals surface area contributed by atoms with Crippen molar-refractivity contribution < 1.29 is 0 Å². The number of rotatable bonds is 1. The van der Waals surface area contributed by atoms with Crippen LogP contribution in [0.2, 0.25) is 0 Å². The summed E-state index contributed by atoms with van der Waals surface area (Å²) in [5.41, 5.74) is 0. The maximum Gasteiger partial charge on any atom is 0.334 e. The quantitative estimate of drug-likeness (QED) is 0.419. The summed E-state index contributed by atoms with van der Waals surface area (Å²) in [4.78, 5) is 1.77. The summed E-state index contributed by atoms with van der Waals surface area (Å²) in [5, 5.41) is 0. The van der Waals surface area contributed by atoms with E-state index in [1.807, 2.05) is 14.1 Å². The molecule has 0 aliphatic rings. The molecule has 0 aromatic rings. The van der Waals surface area contributed by atoms with E-state index in [2.05, 4.69) is 0 Å². The van der Waals surface area contributed by atoms with Gasteiger partial charge < -0.3 is 4.81 Å². The highest BCUT2D eigenvalue weighted by Gasteiger charge is 1.80. The summed E-state index contributed by atoms with van der Waals surface area (Å²) < 4.78 is 0. The second-order valence-corrected chi connectivity index (χ2v) is 1.26. The fourth-order valence-corrected chi connectivity index (χ4v) is 0. The zero-order valence-electron chi connectivity index (χ0n) is 3.40. The average Bonchev–Trinajstić information content (AvgIpc) is 1.38. The maximum absolute atomic E-state index is 5.14. The molecule has 0 aromatic heterocycles. The zero-order chi connectivity index (χ0) is 4.28. The SMILES string of the molecule is CN(C)[B]Cl. The van der Waals surface area contributed by atoms with Crippen molar-refractivity contribution in [2.75, 3.05) is 14.1 Å². The Balaban J connectivity index is 2.54. The van der Waals surface area contributed by atoms with Crippen LogP contribution >= 0.6 is 11.5 Å². The van der Waals surface area contributed by atoms with E-state index in [9.17, 15) is 0 Å². The lowest BCUT2D eigenvalue weighted by molar-refractivity contribution is 0.673. The molecule has 0 aliphatic carbocycles. The molecule has 0 rings (SSSR count). The number of hydrogen-bond donors (Lipinski definition) is 0. The molecule has 0 amide bonds. The predicted molar refractivity (Wildman–Crippen MR) is 25.3 cm³/mol. The van der Waals surface area contributed by atoms with Crippen LogP contribution in [0.25, 0.3) is 0 Å². The molecule has 0 aromatic carbocycles. The van der Waals surface area contributed by atoms with Crippen LogP contribution in [0.4, 0.5) is 0 Å². The molecular weight excluding hydrogens is 84.3 g/mol. The summed E-state index contributed by atoms with van der Waals surface area (Å²) in [6.07, 6.45) is 0. The van der Waals surface area contributed by atoms with Crippen molar-refractivity contribution in [3.8, 4) is 0 Å². The van der Waals surface area contributed by atoms with Crippen LogP contribution in [0.5, 0.6) is 0 Å². The van der Waals surface area contributed by atoms with Crippen molar-refractivity contribution in [2.24, 2.45) is 0 Å². The van der Waals surface area contributed by atoms with Gasteiger partial charge in [-0.1, -0.05) is 0 Å². The van der Waals surface area contributed by atoms with Crippen LogP contribution in [0.15, 0.2) is 0 Å². The monoisotopic (exact) mass is 90.0 g/mol. The van der Waals surface area contributed by atoms with E-state index in [-0.39, 0.29) is 0 Å². The first-order chi connectivity index (χ1) is 2.27. The Kier molecular flexibility index (Phi) is 2.71. The largest absolute Gasteiger partial charge is 0.338 e. The zero-order valence-corrected chi connectivity index (χ0v) is 4.16. The minimum absolute atomic E-state index is 1.47. The Morgan fingerprint density at radius 2 is 1.80 bits per heavy atom. The number of hydrogen-bond acceptors (Lipinski definition) is 1. The van der Waals surface area contributed by atoms with E-state index < -0.39 is 0 Å². The van der Waals surface area contributed by atoms with E-state index >= 15 is 0 Å². The molecule has 0 heterocycles. The molecule has 29 valence electrons. The van der Waals surface area contributed by atoms with Gasteiger partial charge in [-0.05, 0) is 14.1 Å². The molecule has 0 unspecified atom stereocenters. The maximum atomic E-state index is 5.14. The van der Waals surface area contributed by atoms with Gasteiger partial charge in [-0.3, -0.25) is 0 Å². The third-order valence-corrected chi connectivity index (χ3v) is 0.586. The van der Waals surface area contributed by atoms with Gasteiger partial charge in [0.05, 0.1) is 0 Å². The Hall–Kier alpha value is 0.315. The van der Waals surface area contributed by atoms with Crippen molar-refractivity contribution in [3.63, 3.8) is 0 Å². The highest BCUT2D eigenvalue weighted by Crippen LogP contribution is 1.69. The molecule has 0 aliphatic heterocycles. The van der Waals surface area contributed by atoms with Crippen LogP contribution in [-0.4, -0.2) is 25.7 Å². The molecule has 5 heavy (non-hydrogen) atoms. The van der Waals surface area contributed by atoms with Gasteiger partial charge in [0.1, 0.15) is 0 Å². The van der Waals surface area contributed by atoms with Gasteiger partial charge in [0.25, 0.3) is 0 Å². The third kappa shape index (κ3) is 4.31. The Bertz CT molecular complexity index is 23.6. The fraction of sp³-hybridized carbons (Fsp3) is 1.00. The minimum atomic E-state index is 1.47. The van der Waals surface area contributed by atoms with Gasteiger partial charge in [-0.2, -0.15) is 11.5 Å². The topological polar surface area (TPSA) is 3.24 Å². The van der Waals surface area contributed by atoms with Gasteiger partial charge >= 0.3 is 6.83 Å². The standard InChI is InChI=1S/C2H6BClN/c1-5(2)3-4/h1-2H3. The second-order valence-electron chi connectivity index (χ2n) is 1.06. The van der Waals surface area contributed by atoms with Crippen LogP contribution in [0.1, 0.15) is 0 Å². The Labute approximate surface area is 38.1 Å². The minimum Gasteiger partial charge on any atom is -0.338 e. The molecule has 0 N–H and O–H groups in total. The first-order valence-electron chi connectivity index (χ1n) is 1.37. The van der Waals surface area contributed by atoms with Crippen molar-refractivity contribution in [1.29, 1.82) is 0 Å². The van der Waals surface area contributed by atoms with E-state index in [4.69, 9.17) is 11.5 Å². The van der Waals surface area contributed by atoms with Crippen molar-refractivity contribution in [2.45, 2.75) is 0 Å². The highest BCUT2D eigenvalue weighted by molar-refractivity contribution is 6.91. The van der Waals surface area contributed by atoms with Crippen LogP contribution in [-0.2, 0) is 0 Å². The van der Waals surface area contributed by atoms with E-state index in [1.54, 1.807) is 4.81 Å². The second kappa shape index (κ2) is 2.55. The lowest BCUT2D eigenvalue weighted by Gasteiger charge is -1.95. The summed E-state index contributed by atoms with van der Waals surface area (Å²) in [5.74, 6) is 0. The first-order valence-corrected chi connectivity index (χ1v) is 1.81. The molecule has 0 saturated carbocycles. The lowest BCUT2D eigenvalue weighted by Crippen LogP contribution is -2.10. The van der Waals surface area contributed by atoms with Crippen molar-refractivity contribution in [3.05, 3.63) is 0 Å². The molecule has 0 spiro atoms. The fourth-order valence-electron chi connectivity index (χ4n) is 0. The molecule has 3 heteroatoms. The third-order valence-electron chi connectivity index (χ3n) is 0.195.